The molecule has 1 nitrogen and oxygen atoms in total. The Morgan fingerprint density at radius 2 is 1.06 bits per heavy atom. The molecule has 0 aliphatic rings. The fourth-order valence-electron chi connectivity index (χ4n) is 0.578. The second-order valence-electron chi connectivity index (χ2n) is 2.63. The van der Waals surface area contributed by atoms with Gasteiger partial charge in [0.1, 0.15) is 0 Å². The first-order chi connectivity index (χ1) is 7.20. The smallest absolute Gasteiger partial charge is 0.196 e. The third kappa shape index (κ3) is 4.14. The molecule has 0 unspecified atom stereocenters. The minimum Gasteiger partial charge on any atom is -0.260 e. The first-order valence-electron chi connectivity index (χ1n) is 3.62. The summed E-state index contributed by atoms with van der Waals surface area (Å²) in [6, 6.07) is 0. The Bertz CT molecular complexity index is 316. The van der Waals surface area contributed by atoms with E-state index in [4.69, 9.17) is 0 Å². The Balaban J connectivity index is 0.000000487. The van der Waals surface area contributed by atoms with E-state index in [0.717, 1.165) is 0 Å². The zero-order valence-electron chi connectivity index (χ0n) is 8.08. The van der Waals surface area contributed by atoms with Crippen LogP contribution in [0.15, 0.2) is 8.95 Å². The van der Waals surface area contributed by atoms with Gasteiger partial charge in [-0.05, 0) is 31.9 Å². The maximum atomic E-state index is 12.7. The van der Waals surface area contributed by atoms with Crippen molar-refractivity contribution < 1.29 is 21.8 Å². The van der Waals surface area contributed by atoms with E-state index in [1.165, 1.54) is 0 Å². The van der Waals surface area contributed by atoms with Crippen LogP contribution in [-0.4, -0.2) is 16.7 Å². The lowest BCUT2D eigenvalue weighted by Crippen LogP contribution is -1.97. The summed E-state index contributed by atoms with van der Waals surface area (Å²) >= 11 is 4.86. The molecule has 0 saturated carbocycles. The van der Waals surface area contributed by atoms with Crippen LogP contribution in [0.5, 0.6) is 0 Å². The number of rotatable bonds is 0. The van der Waals surface area contributed by atoms with Gasteiger partial charge in [0.05, 0.1) is 8.95 Å². The van der Waals surface area contributed by atoms with Crippen molar-refractivity contribution in [3.63, 3.8) is 0 Å². The molecule has 92 valence electrons. The van der Waals surface area contributed by atoms with Gasteiger partial charge in [-0.1, -0.05) is 0 Å². The SMILES string of the molecule is CS(C)=O.Fc1c(F)c(Br)c(F)c(Br)c1F. The molecular weight excluding hydrogens is 380 g/mol. The van der Waals surface area contributed by atoms with E-state index in [2.05, 4.69) is 31.9 Å². The van der Waals surface area contributed by atoms with Gasteiger partial charge in [-0.25, -0.2) is 17.6 Å². The normalized spacial score (nSPS) is 10.1. The molecule has 8 heteroatoms. The van der Waals surface area contributed by atoms with Crippen LogP contribution >= 0.6 is 31.9 Å². The van der Waals surface area contributed by atoms with Gasteiger partial charge in [-0.15, -0.1) is 0 Å². The van der Waals surface area contributed by atoms with Crippen LogP contribution in [0, 0.1) is 23.3 Å². The Hall–Kier alpha value is 0.0500. The highest BCUT2D eigenvalue weighted by Crippen LogP contribution is 2.31. The quantitative estimate of drug-likeness (QED) is 0.377. The number of hydrogen-bond donors (Lipinski definition) is 0. The van der Waals surface area contributed by atoms with Gasteiger partial charge in [0.25, 0.3) is 0 Å². The van der Waals surface area contributed by atoms with E-state index >= 15 is 0 Å². The van der Waals surface area contributed by atoms with E-state index < -0.39 is 43.0 Å². The molecule has 0 aliphatic heterocycles. The van der Waals surface area contributed by atoms with Crippen LogP contribution in [0.4, 0.5) is 17.6 Å². The van der Waals surface area contributed by atoms with Gasteiger partial charge in [-0.3, -0.25) is 4.21 Å². The van der Waals surface area contributed by atoms with Crippen molar-refractivity contribution in [2.24, 2.45) is 0 Å². The van der Waals surface area contributed by atoms with Gasteiger partial charge >= 0.3 is 0 Å². The Morgan fingerprint density at radius 3 is 1.31 bits per heavy atom. The monoisotopic (exact) mass is 384 g/mol. The lowest BCUT2D eigenvalue weighted by atomic mass is 10.3. The molecule has 1 aromatic carbocycles. The molecule has 0 bridgehead atoms. The van der Waals surface area contributed by atoms with Gasteiger partial charge in [0.2, 0.25) is 0 Å². The minimum absolute atomic E-state index is 0.611. The summed E-state index contributed by atoms with van der Waals surface area (Å²) in [5.74, 6) is -6.07. The van der Waals surface area contributed by atoms with Crippen molar-refractivity contribution in [3.05, 3.63) is 32.2 Å². The molecule has 0 radical (unpaired) electrons. The summed E-state index contributed by atoms with van der Waals surface area (Å²) in [5, 5.41) is 0. The number of benzene rings is 1. The van der Waals surface area contributed by atoms with E-state index in [1.54, 1.807) is 12.5 Å². The third-order valence-electron chi connectivity index (χ3n) is 1.16. The average molecular weight is 386 g/mol. The van der Waals surface area contributed by atoms with Crippen LogP contribution in [0.3, 0.4) is 0 Å². The van der Waals surface area contributed by atoms with Crippen LogP contribution in [0.1, 0.15) is 0 Å². The second-order valence-corrected chi connectivity index (χ2v) is 5.69. The van der Waals surface area contributed by atoms with Crippen LogP contribution in [0.25, 0.3) is 0 Å². The maximum Gasteiger partial charge on any atom is 0.196 e. The Morgan fingerprint density at radius 1 is 0.812 bits per heavy atom. The lowest BCUT2D eigenvalue weighted by Gasteiger charge is -2.02. The van der Waals surface area contributed by atoms with E-state index in [1.807, 2.05) is 0 Å². The predicted molar refractivity (Wildman–Crippen MR) is 61.7 cm³/mol. The van der Waals surface area contributed by atoms with E-state index in [0.29, 0.717) is 0 Å². The van der Waals surface area contributed by atoms with E-state index in [9.17, 15) is 21.8 Å². The topological polar surface area (TPSA) is 17.1 Å². The summed E-state index contributed by atoms with van der Waals surface area (Å²) < 4.78 is 58.3. The third-order valence-corrected chi connectivity index (χ3v) is 2.55. The fraction of sp³-hybridized carbons (Fsp3) is 0.250. The molecule has 0 atom stereocenters. The Kier molecular flexibility index (Phi) is 6.73. The largest absolute Gasteiger partial charge is 0.260 e. The van der Waals surface area contributed by atoms with E-state index in [-0.39, 0.29) is 0 Å². The summed E-state index contributed by atoms with van der Waals surface area (Å²) in [5.41, 5.74) is 0. The number of halogens is 6. The highest BCUT2D eigenvalue weighted by molar-refractivity contribution is 9.11. The zero-order chi connectivity index (χ0) is 13.0. The molecular formula is C8H6Br2F4OS. The molecule has 1 rings (SSSR count). The van der Waals surface area contributed by atoms with Gasteiger partial charge in [0, 0.05) is 23.3 Å². The first-order valence-corrected chi connectivity index (χ1v) is 7.17. The van der Waals surface area contributed by atoms with Crippen molar-refractivity contribution in [1.82, 2.24) is 0 Å². The average Bonchev–Trinajstić information content (AvgIpc) is 2.20. The molecule has 0 spiro atoms. The highest BCUT2D eigenvalue weighted by atomic mass is 79.9. The molecule has 16 heavy (non-hydrogen) atoms. The maximum absolute atomic E-state index is 12.7. The summed E-state index contributed by atoms with van der Waals surface area (Å²) in [4.78, 5) is 0. The van der Waals surface area contributed by atoms with Crippen LogP contribution in [-0.2, 0) is 10.8 Å². The summed E-state index contributed by atoms with van der Waals surface area (Å²) in [6.45, 7) is 0. The lowest BCUT2D eigenvalue weighted by molar-refractivity contribution is 0.424. The molecule has 0 amide bonds. The van der Waals surface area contributed by atoms with Crippen molar-refractivity contribution >= 4 is 42.7 Å². The summed E-state index contributed by atoms with van der Waals surface area (Å²) in [6.07, 6.45) is 3.28. The predicted octanol–water partition coefficient (Wildman–Crippen LogP) is 3.76. The van der Waals surface area contributed by atoms with Crippen LogP contribution in [0.2, 0.25) is 0 Å². The van der Waals surface area contributed by atoms with Crippen molar-refractivity contribution in [3.8, 4) is 0 Å². The van der Waals surface area contributed by atoms with Gasteiger partial charge in [-0.2, -0.15) is 0 Å². The van der Waals surface area contributed by atoms with Gasteiger partial charge < -0.3 is 0 Å². The molecule has 0 saturated heterocycles. The molecule has 1 aromatic rings. The second kappa shape index (κ2) is 6.70. The summed E-state index contributed by atoms with van der Waals surface area (Å²) in [7, 11) is -0.611. The highest BCUT2D eigenvalue weighted by Gasteiger charge is 2.21. The van der Waals surface area contributed by atoms with Crippen LogP contribution < -0.4 is 0 Å². The minimum atomic E-state index is -1.71. The van der Waals surface area contributed by atoms with Crippen molar-refractivity contribution in [2.75, 3.05) is 12.5 Å². The molecule has 0 heterocycles. The molecule has 0 N–H and O–H groups in total. The molecule has 0 fully saturated rings. The standard InChI is InChI=1S/C6Br2F4.C2H6OS/c7-1-3(9)2(8)5(11)6(12)4(1)10;1-4(2)3/h;1-2H3. The zero-order valence-corrected chi connectivity index (χ0v) is 12.1. The van der Waals surface area contributed by atoms with Gasteiger partial charge in [0.15, 0.2) is 23.3 Å². The number of hydrogen-bond acceptors (Lipinski definition) is 1. The molecule has 0 aromatic heterocycles. The fourth-order valence-corrected chi connectivity index (χ4v) is 1.59. The molecule has 0 aliphatic carbocycles. The Labute approximate surface area is 109 Å². The van der Waals surface area contributed by atoms with Crippen molar-refractivity contribution in [2.45, 2.75) is 0 Å². The van der Waals surface area contributed by atoms with Crippen molar-refractivity contribution in [1.29, 1.82) is 0 Å². The first kappa shape index (κ1) is 16.1.